The molecule has 1 unspecified atom stereocenters. The number of para-hydroxylation sites is 2. The van der Waals surface area contributed by atoms with Gasteiger partial charge in [-0.1, -0.05) is 30.3 Å². The average molecular weight is 791 g/mol. The van der Waals surface area contributed by atoms with Crippen molar-refractivity contribution < 1.29 is 14.7 Å². The van der Waals surface area contributed by atoms with E-state index in [0.717, 1.165) is 105 Å². The maximum Gasteiger partial charge on any atom is 0.249 e. The number of nitrogen functional groups attached to an aromatic ring is 1. The van der Waals surface area contributed by atoms with Crippen molar-refractivity contribution in [2.75, 3.05) is 43.4 Å². The van der Waals surface area contributed by atoms with Gasteiger partial charge in [0.1, 0.15) is 17.4 Å². The molecule has 10 rings (SSSR count). The summed E-state index contributed by atoms with van der Waals surface area (Å²) >= 11 is 0. The molecule has 15 nitrogen and oxygen atoms in total. The predicted octanol–water partition coefficient (Wildman–Crippen LogP) is 5.71. The maximum atomic E-state index is 12.9. The highest BCUT2D eigenvalue weighted by molar-refractivity contribution is 6.10. The molecule has 3 aliphatic heterocycles. The highest BCUT2D eigenvalue weighted by Gasteiger charge is 2.32. The highest BCUT2D eigenvalue weighted by atomic mass is 16.3. The number of aromatic nitrogens is 8. The number of rotatable bonds is 9. The summed E-state index contributed by atoms with van der Waals surface area (Å²) in [5.74, 6) is 1.22. The lowest BCUT2D eigenvalue weighted by Crippen LogP contribution is -2.41. The zero-order valence-corrected chi connectivity index (χ0v) is 32.7. The summed E-state index contributed by atoms with van der Waals surface area (Å²) in [5, 5.41) is 28.5. The van der Waals surface area contributed by atoms with Crippen LogP contribution in [0, 0.1) is 0 Å². The number of pyridine rings is 1. The van der Waals surface area contributed by atoms with Crippen LogP contribution in [-0.4, -0.2) is 94.0 Å². The number of hydrogen-bond donors (Lipinski definition) is 3. The molecule has 0 bridgehead atoms. The van der Waals surface area contributed by atoms with Crippen LogP contribution >= 0.6 is 0 Å². The molecule has 3 fully saturated rings. The van der Waals surface area contributed by atoms with E-state index in [0.29, 0.717) is 41.4 Å². The number of piperidine rings is 3. The molecule has 3 saturated heterocycles. The molecule has 1 atom stereocenters. The molecule has 2 amide bonds. The number of hydrogen-bond acceptors (Lipinski definition) is 12. The molecule has 3 aliphatic rings. The van der Waals surface area contributed by atoms with Crippen molar-refractivity contribution in [3.05, 3.63) is 90.4 Å². The van der Waals surface area contributed by atoms with E-state index < -0.39 is 6.04 Å². The van der Waals surface area contributed by atoms with Gasteiger partial charge in [0.25, 0.3) is 0 Å². The van der Waals surface area contributed by atoms with E-state index in [1.807, 2.05) is 64.2 Å². The summed E-state index contributed by atoms with van der Waals surface area (Å²) in [4.78, 5) is 44.1. The van der Waals surface area contributed by atoms with Gasteiger partial charge in [-0.2, -0.15) is 5.10 Å². The second-order valence-electron chi connectivity index (χ2n) is 16.1. The van der Waals surface area contributed by atoms with Crippen molar-refractivity contribution >= 4 is 56.6 Å². The SMILES string of the molecule is Nc1nn(C2CCN(c3ncc(C4CCN(CCCc5ccnc6c5c5ccccc5n6C5CCC(=O)NC5=O)CC4)cn3)CC2)c2cc(-c3ccccc3O)nnc12. The molecule has 4 N–H and O–H groups in total. The van der Waals surface area contributed by atoms with Crippen LogP contribution in [0.15, 0.2) is 79.3 Å². The van der Waals surface area contributed by atoms with Gasteiger partial charge < -0.3 is 25.2 Å². The number of phenols is 1. The zero-order valence-electron chi connectivity index (χ0n) is 32.7. The third-order valence-electron chi connectivity index (χ3n) is 12.6. The van der Waals surface area contributed by atoms with E-state index in [9.17, 15) is 14.7 Å². The fourth-order valence-electron chi connectivity index (χ4n) is 9.48. The fraction of sp³-hybridized carbons (Fsp3) is 0.364. The minimum Gasteiger partial charge on any atom is -0.507 e. The summed E-state index contributed by atoms with van der Waals surface area (Å²) in [7, 11) is 0. The Hall–Kier alpha value is -6.48. The number of amides is 2. The van der Waals surface area contributed by atoms with Crippen molar-refractivity contribution in [2.45, 2.75) is 69.4 Å². The van der Waals surface area contributed by atoms with Crippen LogP contribution in [0.4, 0.5) is 11.8 Å². The molecular weight excluding hydrogens is 745 g/mol. The summed E-state index contributed by atoms with van der Waals surface area (Å²) in [5.41, 5.74) is 13.1. The Bertz CT molecular complexity index is 2690. The first-order chi connectivity index (χ1) is 28.9. The summed E-state index contributed by atoms with van der Waals surface area (Å²) in [6.45, 7) is 4.67. The van der Waals surface area contributed by atoms with Crippen molar-refractivity contribution in [3.63, 3.8) is 0 Å². The number of nitrogens with zero attached hydrogens (tertiary/aromatic N) is 10. The average Bonchev–Trinajstić information content (AvgIpc) is 3.78. The predicted molar refractivity (Wildman–Crippen MR) is 225 cm³/mol. The second kappa shape index (κ2) is 15.4. The second-order valence-corrected chi connectivity index (χ2v) is 16.1. The van der Waals surface area contributed by atoms with Crippen LogP contribution in [-0.2, 0) is 16.0 Å². The van der Waals surface area contributed by atoms with E-state index in [1.54, 1.807) is 12.1 Å². The van der Waals surface area contributed by atoms with Crippen molar-refractivity contribution in [2.24, 2.45) is 0 Å². The first-order valence-corrected chi connectivity index (χ1v) is 20.7. The Labute approximate surface area is 340 Å². The third-order valence-corrected chi connectivity index (χ3v) is 12.6. The number of imide groups is 1. The topological polar surface area (TPSA) is 186 Å². The lowest BCUT2D eigenvalue weighted by Gasteiger charge is -2.33. The first kappa shape index (κ1) is 36.8. The lowest BCUT2D eigenvalue weighted by molar-refractivity contribution is -0.135. The molecule has 7 aromatic rings. The van der Waals surface area contributed by atoms with Crippen molar-refractivity contribution in [1.82, 2.24) is 49.7 Å². The van der Waals surface area contributed by atoms with Crippen molar-refractivity contribution in [3.8, 4) is 17.0 Å². The Morgan fingerprint density at radius 1 is 0.847 bits per heavy atom. The van der Waals surface area contributed by atoms with Gasteiger partial charge in [-0.05, 0) is 112 Å². The molecule has 5 aromatic heterocycles. The molecule has 15 heteroatoms. The van der Waals surface area contributed by atoms with Crippen LogP contribution < -0.4 is 16.0 Å². The Kier molecular flexibility index (Phi) is 9.59. The first-order valence-electron chi connectivity index (χ1n) is 20.7. The van der Waals surface area contributed by atoms with Gasteiger partial charge in [0.2, 0.25) is 17.8 Å². The van der Waals surface area contributed by atoms with Gasteiger partial charge in [0.15, 0.2) is 11.3 Å². The standard InChI is InChI=1S/C44H46N12O3/c45-41-40-36(24-33(50-51-40)31-7-2-4-10-37(31)57)56(52-41)30-16-22-54(23-17-30)44-47-25-29(26-48-44)27-14-20-53(21-15-27)19-5-6-28-13-18-46-42-39(28)32-8-1-3-9-34(32)55(42)35-11-12-38(58)49-43(35)59/h1-4,7-10,13,18,24-27,30,35,57H,5-6,11-12,14-17,19-23H2,(H2,45,52)(H,49,58,59). The number of anilines is 2. The molecule has 0 aliphatic carbocycles. The van der Waals surface area contributed by atoms with Gasteiger partial charge in [0.05, 0.1) is 22.8 Å². The smallest absolute Gasteiger partial charge is 0.249 e. The van der Waals surface area contributed by atoms with Gasteiger partial charge >= 0.3 is 0 Å². The zero-order chi connectivity index (χ0) is 40.0. The number of carbonyl (C=O) groups excluding carboxylic acids is 2. The van der Waals surface area contributed by atoms with E-state index in [2.05, 4.69) is 42.5 Å². The molecule has 0 radical (unpaired) electrons. The van der Waals surface area contributed by atoms with Gasteiger partial charge in [0, 0.05) is 54.4 Å². The highest BCUT2D eigenvalue weighted by Crippen LogP contribution is 2.37. The number of nitrogens with one attached hydrogen (secondary N) is 1. The molecular formula is C44H46N12O3. The Morgan fingerprint density at radius 3 is 2.42 bits per heavy atom. The minimum atomic E-state index is -0.460. The number of aryl methyl sites for hydroxylation is 1. The molecule has 300 valence electrons. The number of aromatic hydroxyl groups is 1. The molecule has 0 spiro atoms. The van der Waals surface area contributed by atoms with Crippen LogP contribution in [0.3, 0.4) is 0 Å². The Morgan fingerprint density at radius 2 is 1.63 bits per heavy atom. The Balaban J connectivity index is 0.738. The fourth-order valence-corrected chi connectivity index (χ4v) is 9.48. The summed E-state index contributed by atoms with van der Waals surface area (Å²) in [6.07, 6.45) is 12.5. The molecule has 8 heterocycles. The number of nitrogens with two attached hydrogens (primary N) is 1. The van der Waals surface area contributed by atoms with E-state index in [-0.39, 0.29) is 23.6 Å². The monoisotopic (exact) mass is 790 g/mol. The van der Waals surface area contributed by atoms with Crippen LogP contribution in [0.2, 0.25) is 0 Å². The van der Waals surface area contributed by atoms with Gasteiger partial charge in [-0.3, -0.25) is 19.6 Å². The normalized spacial score (nSPS) is 18.6. The summed E-state index contributed by atoms with van der Waals surface area (Å²) < 4.78 is 4.01. The maximum absolute atomic E-state index is 12.9. The van der Waals surface area contributed by atoms with Crippen molar-refractivity contribution in [1.29, 1.82) is 0 Å². The largest absolute Gasteiger partial charge is 0.507 e. The quantitative estimate of drug-likeness (QED) is 0.152. The van der Waals surface area contributed by atoms with E-state index in [4.69, 9.17) is 20.7 Å². The van der Waals surface area contributed by atoms with Gasteiger partial charge in [-0.25, -0.2) is 15.0 Å². The van der Waals surface area contributed by atoms with Crippen LogP contribution in [0.5, 0.6) is 5.75 Å². The van der Waals surface area contributed by atoms with Gasteiger partial charge in [-0.15, -0.1) is 10.2 Å². The number of likely N-dealkylation sites (tertiary alicyclic amines) is 1. The number of fused-ring (bicyclic) bond motifs is 4. The minimum absolute atomic E-state index is 0.134. The van der Waals surface area contributed by atoms with E-state index >= 15 is 0 Å². The summed E-state index contributed by atoms with van der Waals surface area (Å²) in [6, 6.07) is 19.0. The van der Waals surface area contributed by atoms with Crippen LogP contribution in [0.1, 0.15) is 74.1 Å². The molecule has 59 heavy (non-hydrogen) atoms. The lowest BCUT2D eigenvalue weighted by atomic mass is 9.91. The van der Waals surface area contributed by atoms with E-state index in [1.165, 1.54) is 11.1 Å². The molecule has 2 aromatic carbocycles. The number of benzene rings is 2. The number of phenolic OH excluding ortho intramolecular Hbond substituents is 1. The number of carbonyl (C=O) groups is 2. The third kappa shape index (κ3) is 6.88. The molecule has 0 saturated carbocycles. The van der Waals surface area contributed by atoms with Crippen LogP contribution in [0.25, 0.3) is 44.2 Å².